The second kappa shape index (κ2) is 7.15. The summed E-state index contributed by atoms with van der Waals surface area (Å²) in [6, 6.07) is 14.7. The van der Waals surface area contributed by atoms with Gasteiger partial charge in [0.2, 0.25) is 5.16 Å². The number of hydrogen-bond donors (Lipinski definition) is 1. The molecule has 0 fully saturated rings. The first-order chi connectivity index (χ1) is 11.2. The minimum absolute atomic E-state index is 0.211. The molecule has 0 bridgehead atoms. The highest BCUT2D eigenvalue weighted by atomic mass is 32.2. The van der Waals surface area contributed by atoms with Crippen molar-refractivity contribution < 1.29 is 9.84 Å². The van der Waals surface area contributed by atoms with Crippen LogP contribution in [0.25, 0.3) is 5.69 Å². The van der Waals surface area contributed by atoms with Crippen molar-refractivity contribution in [2.75, 3.05) is 12.4 Å². The Labute approximate surface area is 138 Å². The molecule has 0 radical (unpaired) electrons. The third-order valence-electron chi connectivity index (χ3n) is 3.14. The van der Waals surface area contributed by atoms with Crippen LogP contribution in [-0.4, -0.2) is 37.7 Å². The van der Waals surface area contributed by atoms with Gasteiger partial charge in [-0.3, -0.25) is 0 Å². The van der Waals surface area contributed by atoms with Crippen LogP contribution in [0, 0.1) is 6.92 Å². The van der Waals surface area contributed by atoms with Crippen molar-refractivity contribution in [1.82, 2.24) is 20.2 Å². The maximum atomic E-state index is 9.34. The van der Waals surface area contributed by atoms with E-state index in [1.54, 1.807) is 28.9 Å². The lowest BCUT2D eigenvalue weighted by atomic mass is 10.2. The van der Waals surface area contributed by atoms with E-state index in [-0.39, 0.29) is 5.75 Å². The Hall–Kier alpha value is -2.54. The highest BCUT2D eigenvalue weighted by molar-refractivity contribution is 7.99. The number of ether oxygens (including phenoxy) is 1. The topological polar surface area (TPSA) is 73.1 Å². The van der Waals surface area contributed by atoms with Crippen molar-refractivity contribution in [3.8, 4) is 17.2 Å². The predicted octanol–water partition coefficient (Wildman–Crippen LogP) is 2.85. The second-order valence-electron chi connectivity index (χ2n) is 4.90. The molecule has 0 unspecified atom stereocenters. The predicted molar refractivity (Wildman–Crippen MR) is 88.2 cm³/mol. The molecule has 3 rings (SSSR count). The lowest BCUT2D eigenvalue weighted by Crippen LogP contribution is -2.03. The molecule has 0 saturated carbocycles. The molecule has 7 heteroatoms. The molecule has 0 aliphatic carbocycles. The smallest absolute Gasteiger partial charge is 0.214 e. The van der Waals surface area contributed by atoms with Crippen molar-refractivity contribution in [3.05, 3.63) is 54.1 Å². The fraction of sp³-hybridized carbons (Fsp3) is 0.188. The first-order valence-corrected chi connectivity index (χ1v) is 8.11. The molecule has 0 aliphatic heterocycles. The van der Waals surface area contributed by atoms with Crippen LogP contribution < -0.4 is 4.74 Å². The Morgan fingerprint density at radius 2 is 1.83 bits per heavy atom. The summed E-state index contributed by atoms with van der Waals surface area (Å²) >= 11 is 1.51. The highest BCUT2D eigenvalue weighted by Crippen LogP contribution is 2.20. The number of phenols is 1. The first kappa shape index (κ1) is 15.4. The molecule has 0 aliphatic rings. The maximum absolute atomic E-state index is 9.34. The quantitative estimate of drug-likeness (QED) is 0.554. The van der Waals surface area contributed by atoms with Crippen LogP contribution >= 0.6 is 11.8 Å². The Morgan fingerprint density at radius 1 is 1.09 bits per heavy atom. The molecule has 0 amide bonds. The lowest BCUT2D eigenvalue weighted by Gasteiger charge is -2.07. The Kier molecular flexibility index (Phi) is 4.77. The molecule has 2 aromatic carbocycles. The molecule has 0 spiro atoms. The summed E-state index contributed by atoms with van der Waals surface area (Å²) in [5.74, 6) is 1.80. The van der Waals surface area contributed by atoms with E-state index in [9.17, 15) is 5.11 Å². The zero-order valence-corrected chi connectivity index (χ0v) is 13.4. The zero-order valence-electron chi connectivity index (χ0n) is 12.6. The lowest BCUT2D eigenvalue weighted by molar-refractivity contribution is 0.344. The van der Waals surface area contributed by atoms with E-state index in [0.717, 1.165) is 17.2 Å². The summed E-state index contributed by atoms with van der Waals surface area (Å²) < 4.78 is 7.32. The standard InChI is InChI=1S/C16H16N4O2S/c1-12-2-8-15(9-3-12)22-10-11-23-16-17-18-19-20(16)13-4-6-14(21)7-5-13/h2-9,21H,10-11H2,1H3. The van der Waals surface area contributed by atoms with E-state index in [4.69, 9.17) is 4.74 Å². The number of phenolic OH excluding ortho intramolecular Hbond substituents is 1. The van der Waals surface area contributed by atoms with Crippen LogP contribution in [0.1, 0.15) is 5.56 Å². The Balaban J connectivity index is 1.56. The number of thioether (sulfide) groups is 1. The molecule has 1 heterocycles. The van der Waals surface area contributed by atoms with Gasteiger partial charge in [-0.1, -0.05) is 29.5 Å². The largest absolute Gasteiger partial charge is 0.508 e. The Morgan fingerprint density at radius 3 is 2.57 bits per heavy atom. The van der Waals surface area contributed by atoms with E-state index in [1.165, 1.54) is 17.3 Å². The van der Waals surface area contributed by atoms with Gasteiger partial charge in [0, 0.05) is 5.75 Å². The molecular weight excluding hydrogens is 312 g/mol. The van der Waals surface area contributed by atoms with Gasteiger partial charge in [-0.2, -0.15) is 4.68 Å². The van der Waals surface area contributed by atoms with Crippen molar-refractivity contribution in [1.29, 1.82) is 0 Å². The number of aryl methyl sites for hydroxylation is 1. The van der Waals surface area contributed by atoms with Gasteiger partial charge < -0.3 is 9.84 Å². The third kappa shape index (κ3) is 4.01. The molecule has 3 aromatic rings. The number of aromatic hydroxyl groups is 1. The molecule has 6 nitrogen and oxygen atoms in total. The van der Waals surface area contributed by atoms with Gasteiger partial charge in [0.05, 0.1) is 12.3 Å². The van der Waals surface area contributed by atoms with Gasteiger partial charge in [-0.25, -0.2) is 0 Å². The number of rotatable bonds is 6. The van der Waals surface area contributed by atoms with Crippen LogP contribution in [-0.2, 0) is 0 Å². The second-order valence-corrected chi connectivity index (χ2v) is 5.96. The van der Waals surface area contributed by atoms with Crippen LogP contribution in [0.2, 0.25) is 0 Å². The molecule has 118 valence electrons. The Bertz CT molecular complexity index is 757. The van der Waals surface area contributed by atoms with Crippen LogP contribution in [0.4, 0.5) is 0 Å². The van der Waals surface area contributed by atoms with Crippen LogP contribution in [0.3, 0.4) is 0 Å². The van der Waals surface area contributed by atoms with Crippen molar-refractivity contribution in [2.45, 2.75) is 12.1 Å². The van der Waals surface area contributed by atoms with E-state index in [0.29, 0.717) is 11.8 Å². The fourth-order valence-corrected chi connectivity index (χ4v) is 2.66. The zero-order chi connectivity index (χ0) is 16.1. The van der Waals surface area contributed by atoms with Crippen LogP contribution in [0.5, 0.6) is 11.5 Å². The minimum Gasteiger partial charge on any atom is -0.508 e. The monoisotopic (exact) mass is 328 g/mol. The molecule has 1 N–H and O–H groups in total. The van der Waals surface area contributed by atoms with Gasteiger partial charge in [0.1, 0.15) is 11.5 Å². The SMILES string of the molecule is Cc1ccc(OCCSc2nnnn2-c2ccc(O)cc2)cc1. The molecule has 0 atom stereocenters. The van der Waals surface area contributed by atoms with E-state index < -0.39 is 0 Å². The number of tetrazole rings is 1. The van der Waals surface area contributed by atoms with Crippen LogP contribution in [0.15, 0.2) is 53.7 Å². The summed E-state index contributed by atoms with van der Waals surface area (Å²) in [5, 5.41) is 21.7. The summed E-state index contributed by atoms with van der Waals surface area (Å²) in [4.78, 5) is 0. The average molecular weight is 328 g/mol. The maximum Gasteiger partial charge on any atom is 0.214 e. The summed E-state index contributed by atoms with van der Waals surface area (Å²) in [5.41, 5.74) is 2.01. The molecule has 1 aromatic heterocycles. The van der Waals surface area contributed by atoms with E-state index in [2.05, 4.69) is 15.5 Å². The van der Waals surface area contributed by atoms with Gasteiger partial charge in [-0.15, -0.1) is 5.10 Å². The summed E-state index contributed by atoms with van der Waals surface area (Å²) in [7, 11) is 0. The van der Waals surface area contributed by atoms with Crippen molar-refractivity contribution >= 4 is 11.8 Å². The average Bonchev–Trinajstić information content (AvgIpc) is 3.02. The number of nitrogens with zero attached hydrogens (tertiary/aromatic N) is 4. The highest BCUT2D eigenvalue weighted by Gasteiger charge is 2.08. The molecular formula is C16H16N4O2S. The first-order valence-electron chi connectivity index (χ1n) is 7.12. The van der Waals surface area contributed by atoms with Gasteiger partial charge in [-0.05, 0) is 53.7 Å². The summed E-state index contributed by atoms with van der Waals surface area (Å²) in [6.45, 7) is 2.61. The number of benzene rings is 2. The van der Waals surface area contributed by atoms with Gasteiger partial charge in [0.25, 0.3) is 0 Å². The molecule has 0 saturated heterocycles. The molecule has 23 heavy (non-hydrogen) atoms. The van der Waals surface area contributed by atoms with Crippen molar-refractivity contribution in [2.24, 2.45) is 0 Å². The third-order valence-corrected chi connectivity index (χ3v) is 4.02. The van der Waals surface area contributed by atoms with Crippen molar-refractivity contribution in [3.63, 3.8) is 0 Å². The number of hydrogen-bond acceptors (Lipinski definition) is 6. The fourth-order valence-electron chi connectivity index (χ4n) is 1.95. The minimum atomic E-state index is 0.211. The normalized spacial score (nSPS) is 10.7. The van der Waals surface area contributed by atoms with Gasteiger partial charge >= 0.3 is 0 Å². The van der Waals surface area contributed by atoms with E-state index in [1.807, 2.05) is 31.2 Å². The van der Waals surface area contributed by atoms with Gasteiger partial charge in [0.15, 0.2) is 0 Å². The van der Waals surface area contributed by atoms with E-state index >= 15 is 0 Å². The number of aromatic nitrogens is 4. The summed E-state index contributed by atoms with van der Waals surface area (Å²) in [6.07, 6.45) is 0.